The fourth-order valence-corrected chi connectivity index (χ4v) is 2.38. The maximum Gasteiger partial charge on any atom is 0.416 e. The van der Waals surface area contributed by atoms with Crippen LogP contribution in [0, 0.1) is 5.82 Å². The predicted octanol–water partition coefficient (Wildman–Crippen LogP) is 3.19. The van der Waals surface area contributed by atoms with Gasteiger partial charge in [-0.25, -0.2) is 15.2 Å². The van der Waals surface area contributed by atoms with Gasteiger partial charge in [-0.3, -0.25) is 4.99 Å². The van der Waals surface area contributed by atoms with Crippen molar-refractivity contribution in [3.05, 3.63) is 65.0 Å². The molecule has 0 saturated carbocycles. The molecule has 3 rings (SSSR count). The molecule has 2 aromatic carbocycles. The summed E-state index contributed by atoms with van der Waals surface area (Å²) in [6.45, 7) is -0.00377. The van der Waals surface area contributed by atoms with Crippen LogP contribution in [0.1, 0.15) is 16.7 Å². The third-order valence-corrected chi connectivity index (χ3v) is 3.52. The second-order valence-electron chi connectivity index (χ2n) is 5.08. The number of hydrogen-bond acceptors (Lipinski definition) is 4. The van der Waals surface area contributed by atoms with Crippen molar-refractivity contribution in [2.24, 2.45) is 15.8 Å². The van der Waals surface area contributed by atoms with Crippen LogP contribution in [0.3, 0.4) is 0 Å². The topological polar surface area (TPSA) is 62.8 Å². The minimum Gasteiger partial charge on any atom is -0.310 e. The molecule has 1 aliphatic heterocycles. The van der Waals surface area contributed by atoms with E-state index in [0.717, 1.165) is 12.1 Å². The molecule has 2 aromatic rings. The van der Waals surface area contributed by atoms with E-state index in [1.54, 1.807) is 6.07 Å². The summed E-state index contributed by atoms with van der Waals surface area (Å²) in [5, 5.41) is 0. The van der Waals surface area contributed by atoms with Crippen LogP contribution < -0.4 is 11.3 Å². The molecule has 8 heteroatoms. The maximum atomic E-state index is 14.1. The van der Waals surface area contributed by atoms with Gasteiger partial charge in [0.15, 0.2) is 0 Å². The van der Waals surface area contributed by atoms with E-state index in [2.05, 4.69) is 15.4 Å². The first-order chi connectivity index (χ1) is 11.4. The highest BCUT2D eigenvalue weighted by Gasteiger charge is 2.32. The number of alkyl halides is 3. The normalized spacial score (nSPS) is 14.4. The molecule has 124 valence electrons. The summed E-state index contributed by atoms with van der Waals surface area (Å²) in [6.07, 6.45) is -4.51. The number of halogens is 4. The first kappa shape index (κ1) is 16.1. The smallest absolute Gasteiger partial charge is 0.310 e. The summed E-state index contributed by atoms with van der Waals surface area (Å²) < 4.78 is 52.9. The molecule has 24 heavy (non-hydrogen) atoms. The van der Waals surface area contributed by atoms with Crippen molar-refractivity contribution in [1.29, 1.82) is 0 Å². The summed E-state index contributed by atoms with van der Waals surface area (Å²) >= 11 is 0. The summed E-state index contributed by atoms with van der Waals surface area (Å²) in [4.78, 5) is 8.34. The van der Waals surface area contributed by atoms with E-state index in [1.165, 1.54) is 24.3 Å². The summed E-state index contributed by atoms with van der Waals surface area (Å²) in [5.41, 5.74) is 2.19. The number of amidine groups is 1. The Hall–Kier alpha value is -2.74. The number of nitrogens with two attached hydrogens (primary N) is 1. The molecule has 0 atom stereocenters. The van der Waals surface area contributed by atoms with Gasteiger partial charge < -0.3 is 5.43 Å². The molecule has 3 N–H and O–H groups in total. The molecule has 0 spiro atoms. The second kappa shape index (κ2) is 6.04. The zero-order valence-electron chi connectivity index (χ0n) is 12.2. The Morgan fingerprint density at radius 3 is 2.46 bits per heavy atom. The molecule has 0 fully saturated rings. The quantitative estimate of drug-likeness (QED) is 0.477. The van der Waals surface area contributed by atoms with Crippen molar-refractivity contribution in [3.8, 4) is 0 Å². The molecule has 1 heterocycles. The zero-order chi connectivity index (χ0) is 17.3. The van der Waals surface area contributed by atoms with Gasteiger partial charge in [0, 0.05) is 11.1 Å². The molecule has 0 aliphatic carbocycles. The van der Waals surface area contributed by atoms with Crippen molar-refractivity contribution in [1.82, 2.24) is 5.43 Å². The second-order valence-corrected chi connectivity index (χ2v) is 5.08. The number of nitrogens with zero attached hydrogens (tertiary/aromatic N) is 2. The molecule has 0 amide bonds. The first-order valence-electron chi connectivity index (χ1n) is 6.95. The van der Waals surface area contributed by atoms with Crippen molar-refractivity contribution < 1.29 is 17.6 Å². The van der Waals surface area contributed by atoms with Gasteiger partial charge in [0.05, 0.1) is 23.5 Å². The van der Waals surface area contributed by atoms with Gasteiger partial charge in [-0.2, -0.15) is 13.2 Å². The standard InChI is InChI=1S/C16H12F4N4/c17-12-4-2-1-3-10(12)15-11-6-5-9(16(18,19)20)7-13(11)23-14(24-21)8-22-15/h1-7H,8,21H2,(H,23,24). The van der Waals surface area contributed by atoms with Crippen LogP contribution in [0.2, 0.25) is 0 Å². The lowest BCUT2D eigenvalue weighted by Crippen LogP contribution is -2.32. The highest BCUT2D eigenvalue weighted by atomic mass is 19.4. The summed E-state index contributed by atoms with van der Waals surface area (Å²) in [5.74, 6) is 4.98. The Morgan fingerprint density at radius 1 is 1.04 bits per heavy atom. The summed E-state index contributed by atoms with van der Waals surface area (Å²) in [6, 6.07) is 8.98. The minimum absolute atomic E-state index is 0.00377. The highest BCUT2D eigenvalue weighted by molar-refractivity contribution is 6.17. The average Bonchev–Trinajstić information content (AvgIpc) is 2.73. The van der Waals surface area contributed by atoms with Crippen LogP contribution in [0.15, 0.2) is 52.4 Å². The van der Waals surface area contributed by atoms with Gasteiger partial charge in [0.1, 0.15) is 11.7 Å². The molecule has 4 nitrogen and oxygen atoms in total. The highest BCUT2D eigenvalue weighted by Crippen LogP contribution is 2.35. The number of benzene rings is 2. The van der Waals surface area contributed by atoms with Crippen molar-refractivity contribution in [2.75, 3.05) is 6.54 Å². The number of hydrazine groups is 1. The first-order valence-corrected chi connectivity index (χ1v) is 6.95. The van der Waals surface area contributed by atoms with Crippen molar-refractivity contribution >= 4 is 17.2 Å². The third kappa shape index (κ3) is 3.00. The predicted molar refractivity (Wildman–Crippen MR) is 82.8 cm³/mol. The van der Waals surface area contributed by atoms with Crippen LogP contribution >= 0.6 is 0 Å². The number of aliphatic imine (C=N–C) groups is 2. The third-order valence-electron chi connectivity index (χ3n) is 3.52. The molecular weight excluding hydrogens is 324 g/mol. The van der Waals surface area contributed by atoms with Gasteiger partial charge in [0.2, 0.25) is 0 Å². The minimum atomic E-state index is -4.51. The average molecular weight is 336 g/mol. The molecule has 0 unspecified atom stereocenters. The van der Waals surface area contributed by atoms with E-state index in [0.29, 0.717) is 5.56 Å². The molecule has 0 saturated heterocycles. The molecule has 0 aromatic heterocycles. The SMILES string of the molecule is NNC1=Nc2cc(C(F)(F)F)ccc2C(c2ccccc2F)=NC1. The molecular formula is C16H12F4N4. The molecule has 0 bridgehead atoms. The molecule has 1 aliphatic rings. The Bertz CT molecular complexity index is 840. The van der Waals surface area contributed by atoms with E-state index in [4.69, 9.17) is 5.84 Å². The number of nitrogens with one attached hydrogen (secondary N) is 1. The summed E-state index contributed by atoms with van der Waals surface area (Å²) in [7, 11) is 0. The lowest BCUT2D eigenvalue weighted by atomic mass is 9.98. The molecule has 0 radical (unpaired) electrons. The Kier molecular flexibility index (Phi) is 4.06. The lowest BCUT2D eigenvalue weighted by Gasteiger charge is -2.12. The Morgan fingerprint density at radius 2 is 1.79 bits per heavy atom. The van der Waals surface area contributed by atoms with E-state index in [1.807, 2.05) is 0 Å². The van der Waals surface area contributed by atoms with Gasteiger partial charge in [-0.1, -0.05) is 18.2 Å². The van der Waals surface area contributed by atoms with Crippen LogP contribution in [0.25, 0.3) is 0 Å². The van der Waals surface area contributed by atoms with Crippen molar-refractivity contribution in [2.45, 2.75) is 6.18 Å². The van der Waals surface area contributed by atoms with Gasteiger partial charge >= 0.3 is 6.18 Å². The van der Waals surface area contributed by atoms with Gasteiger partial charge in [-0.15, -0.1) is 0 Å². The van der Waals surface area contributed by atoms with Crippen LogP contribution in [0.4, 0.5) is 23.2 Å². The van der Waals surface area contributed by atoms with Gasteiger partial charge in [0.25, 0.3) is 0 Å². The number of rotatable bonds is 1. The van der Waals surface area contributed by atoms with E-state index >= 15 is 0 Å². The zero-order valence-corrected chi connectivity index (χ0v) is 12.2. The van der Waals surface area contributed by atoms with E-state index in [9.17, 15) is 17.6 Å². The van der Waals surface area contributed by atoms with E-state index < -0.39 is 17.6 Å². The Balaban J connectivity index is 2.21. The number of hydrogen-bond donors (Lipinski definition) is 2. The van der Waals surface area contributed by atoms with Crippen LogP contribution in [-0.2, 0) is 6.18 Å². The van der Waals surface area contributed by atoms with E-state index in [-0.39, 0.29) is 29.3 Å². The lowest BCUT2D eigenvalue weighted by molar-refractivity contribution is -0.137. The van der Waals surface area contributed by atoms with Crippen molar-refractivity contribution in [3.63, 3.8) is 0 Å². The van der Waals surface area contributed by atoms with Crippen LogP contribution in [-0.4, -0.2) is 18.1 Å². The fourth-order valence-electron chi connectivity index (χ4n) is 2.38. The van der Waals surface area contributed by atoms with Crippen LogP contribution in [0.5, 0.6) is 0 Å². The Labute approximate surface area is 134 Å². The monoisotopic (exact) mass is 336 g/mol. The largest absolute Gasteiger partial charge is 0.416 e. The fraction of sp³-hybridized carbons (Fsp3) is 0.125. The number of fused-ring (bicyclic) bond motifs is 1. The van der Waals surface area contributed by atoms with Gasteiger partial charge in [-0.05, 0) is 24.3 Å². The maximum absolute atomic E-state index is 14.1.